The highest BCUT2D eigenvalue weighted by Crippen LogP contribution is 2.38. The monoisotopic (exact) mass is 532 g/mol. The Morgan fingerprint density at radius 1 is 0.795 bits per heavy atom. The van der Waals surface area contributed by atoms with E-state index in [0.717, 1.165) is 5.69 Å². The van der Waals surface area contributed by atoms with Gasteiger partial charge >= 0.3 is 0 Å². The molecule has 0 saturated heterocycles. The van der Waals surface area contributed by atoms with Crippen molar-refractivity contribution in [1.82, 2.24) is 19.9 Å². The molecule has 0 fully saturated rings. The molecule has 2 aromatic heterocycles. The molecule has 10 nitrogen and oxygen atoms in total. The van der Waals surface area contributed by atoms with Crippen LogP contribution < -0.4 is 11.1 Å². The van der Waals surface area contributed by atoms with Gasteiger partial charge in [-0.3, -0.25) is 14.6 Å². The van der Waals surface area contributed by atoms with Crippen molar-refractivity contribution >= 4 is 51.9 Å². The summed E-state index contributed by atoms with van der Waals surface area (Å²) >= 11 is 6.25. The highest BCUT2D eigenvalue weighted by molar-refractivity contribution is 6.39. The van der Waals surface area contributed by atoms with Crippen LogP contribution in [0.3, 0.4) is 0 Å². The van der Waals surface area contributed by atoms with Gasteiger partial charge in [0.25, 0.3) is 0 Å². The third kappa shape index (κ3) is 4.38. The topological polar surface area (TPSA) is 148 Å². The van der Waals surface area contributed by atoms with Gasteiger partial charge in [-0.25, -0.2) is 15.0 Å². The van der Waals surface area contributed by atoms with Gasteiger partial charge in [-0.05, 0) is 24.3 Å². The number of para-hydroxylation sites is 1. The number of hydrogen-bond acceptors (Lipinski definition) is 10. The van der Waals surface area contributed by atoms with Crippen LogP contribution in [0.2, 0.25) is 5.02 Å². The SMILES string of the molecule is Nc1nc(-c2cnccn2)nc(Nc2ccccc2)c1/N=N/c1cccc2c1C(=O)c1cccc(Cl)c1C2=O. The summed E-state index contributed by atoms with van der Waals surface area (Å²) in [6.07, 6.45) is 4.58. The number of fused-ring (bicyclic) bond motifs is 2. The molecule has 0 radical (unpaired) electrons. The summed E-state index contributed by atoms with van der Waals surface area (Å²) in [6.45, 7) is 0. The number of carbonyl (C=O) groups excluding carboxylic acids is 2. The lowest BCUT2D eigenvalue weighted by atomic mass is 9.83. The summed E-state index contributed by atoms with van der Waals surface area (Å²) in [5.41, 5.74) is 8.52. The Kier molecular flexibility index (Phi) is 6.06. The number of nitrogens with one attached hydrogen (secondary N) is 1. The summed E-state index contributed by atoms with van der Waals surface area (Å²) in [6, 6.07) is 18.9. The van der Waals surface area contributed by atoms with Gasteiger partial charge in [0, 0.05) is 29.2 Å². The lowest BCUT2D eigenvalue weighted by molar-refractivity contribution is 0.0979. The van der Waals surface area contributed by atoms with Crippen LogP contribution in [0.25, 0.3) is 11.5 Å². The van der Waals surface area contributed by atoms with E-state index in [1.807, 2.05) is 30.3 Å². The number of azo groups is 1. The first-order valence-electron chi connectivity index (χ1n) is 11.7. The number of aromatic nitrogens is 4. The number of halogens is 1. The number of nitrogen functional groups attached to an aromatic ring is 1. The van der Waals surface area contributed by atoms with Crippen LogP contribution in [-0.2, 0) is 0 Å². The van der Waals surface area contributed by atoms with Gasteiger partial charge in [-0.15, -0.1) is 10.2 Å². The van der Waals surface area contributed by atoms with Crippen LogP contribution in [0.1, 0.15) is 31.8 Å². The fourth-order valence-corrected chi connectivity index (χ4v) is 4.47. The van der Waals surface area contributed by atoms with E-state index in [1.54, 1.807) is 36.4 Å². The van der Waals surface area contributed by atoms with Gasteiger partial charge in [0.05, 0.1) is 28.0 Å². The van der Waals surface area contributed by atoms with Crippen molar-refractivity contribution in [3.8, 4) is 11.5 Å². The van der Waals surface area contributed by atoms with Crippen molar-refractivity contribution in [1.29, 1.82) is 0 Å². The zero-order valence-corrected chi connectivity index (χ0v) is 20.8. The van der Waals surface area contributed by atoms with Crippen molar-refractivity contribution in [2.75, 3.05) is 11.1 Å². The first kappa shape index (κ1) is 24.0. The molecular formula is C28H17ClN8O2. The Balaban J connectivity index is 1.45. The van der Waals surface area contributed by atoms with Crippen molar-refractivity contribution < 1.29 is 9.59 Å². The number of benzene rings is 3. The first-order valence-corrected chi connectivity index (χ1v) is 12.1. The molecule has 0 saturated carbocycles. The lowest BCUT2D eigenvalue weighted by Gasteiger charge is -2.19. The number of anilines is 3. The van der Waals surface area contributed by atoms with Gasteiger partial charge < -0.3 is 11.1 Å². The molecule has 6 rings (SSSR count). The normalized spacial score (nSPS) is 12.3. The highest BCUT2D eigenvalue weighted by Gasteiger charge is 2.33. The molecule has 5 aromatic rings. The summed E-state index contributed by atoms with van der Waals surface area (Å²) in [5, 5.41) is 12.1. The Labute approximate surface area is 226 Å². The van der Waals surface area contributed by atoms with Gasteiger partial charge in [-0.1, -0.05) is 54.1 Å². The largest absolute Gasteiger partial charge is 0.382 e. The van der Waals surface area contributed by atoms with Crippen LogP contribution >= 0.6 is 11.6 Å². The minimum Gasteiger partial charge on any atom is -0.382 e. The Bertz CT molecular complexity index is 1790. The van der Waals surface area contributed by atoms with E-state index in [-0.39, 0.29) is 67.7 Å². The van der Waals surface area contributed by atoms with E-state index in [0.29, 0.717) is 5.69 Å². The second-order valence-electron chi connectivity index (χ2n) is 8.43. The highest BCUT2D eigenvalue weighted by atomic mass is 35.5. The number of nitrogens with zero attached hydrogens (tertiary/aromatic N) is 6. The van der Waals surface area contributed by atoms with Crippen LogP contribution in [0, 0.1) is 0 Å². The molecule has 11 heteroatoms. The van der Waals surface area contributed by atoms with Crippen molar-refractivity contribution in [3.63, 3.8) is 0 Å². The van der Waals surface area contributed by atoms with Crippen LogP contribution in [0.15, 0.2) is 95.5 Å². The molecule has 0 spiro atoms. The maximum atomic E-state index is 13.4. The quantitative estimate of drug-likeness (QED) is 0.253. The smallest absolute Gasteiger partial charge is 0.196 e. The predicted molar refractivity (Wildman–Crippen MR) is 146 cm³/mol. The molecule has 3 aromatic carbocycles. The fourth-order valence-electron chi connectivity index (χ4n) is 4.21. The summed E-state index contributed by atoms with van der Waals surface area (Å²) in [7, 11) is 0. The van der Waals surface area contributed by atoms with Crippen molar-refractivity contribution in [2.24, 2.45) is 10.2 Å². The zero-order valence-electron chi connectivity index (χ0n) is 20.0. The van der Waals surface area contributed by atoms with E-state index in [1.165, 1.54) is 18.6 Å². The van der Waals surface area contributed by atoms with Crippen LogP contribution in [0.5, 0.6) is 0 Å². The second kappa shape index (κ2) is 9.84. The fraction of sp³-hybridized carbons (Fsp3) is 0. The van der Waals surface area contributed by atoms with Gasteiger partial charge in [0.15, 0.2) is 34.7 Å². The number of rotatable bonds is 5. The molecule has 0 unspecified atom stereocenters. The second-order valence-corrected chi connectivity index (χ2v) is 8.84. The van der Waals surface area contributed by atoms with E-state index in [2.05, 4.69) is 35.5 Å². The molecular weight excluding hydrogens is 516 g/mol. The number of ketones is 2. The zero-order chi connectivity index (χ0) is 26.9. The summed E-state index contributed by atoms with van der Waals surface area (Å²) in [5.74, 6) is -0.199. The third-order valence-electron chi connectivity index (χ3n) is 6.00. The Hall–Kier alpha value is -5.35. The first-order chi connectivity index (χ1) is 19.0. The molecule has 0 aliphatic heterocycles. The maximum absolute atomic E-state index is 13.4. The van der Waals surface area contributed by atoms with Crippen LogP contribution in [0.4, 0.5) is 28.7 Å². The van der Waals surface area contributed by atoms with E-state index >= 15 is 0 Å². The Morgan fingerprint density at radius 3 is 2.31 bits per heavy atom. The van der Waals surface area contributed by atoms with E-state index in [9.17, 15) is 9.59 Å². The molecule has 188 valence electrons. The number of hydrogen-bond donors (Lipinski definition) is 2. The lowest BCUT2D eigenvalue weighted by Crippen LogP contribution is -2.21. The maximum Gasteiger partial charge on any atom is 0.196 e. The van der Waals surface area contributed by atoms with E-state index in [4.69, 9.17) is 17.3 Å². The minimum atomic E-state index is -0.374. The number of nitrogens with two attached hydrogens (primary N) is 1. The molecule has 0 amide bonds. The molecule has 1 aliphatic rings. The van der Waals surface area contributed by atoms with Crippen molar-refractivity contribution in [3.05, 3.63) is 113 Å². The summed E-state index contributed by atoms with van der Waals surface area (Å²) < 4.78 is 0. The predicted octanol–water partition coefficient (Wildman–Crippen LogP) is 6.10. The average molecular weight is 533 g/mol. The molecule has 1 aliphatic carbocycles. The third-order valence-corrected chi connectivity index (χ3v) is 6.31. The van der Waals surface area contributed by atoms with Crippen LogP contribution in [-0.4, -0.2) is 31.5 Å². The van der Waals surface area contributed by atoms with Crippen molar-refractivity contribution in [2.45, 2.75) is 0 Å². The molecule has 0 bridgehead atoms. The molecule has 39 heavy (non-hydrogen) atoms. The van der Waals surface area contributed by atoms with Gasteiger partial charge in [0.1, 0.15) is 5.69 Å². The van der Waals surface area contributed by atoms with Gasteiger partial charge in [0.2, 0.25) is 0 Å². The number of carbonyl (C=O) groups is 2. The standard InChI is InChI=1S/C28H17ClN8O2/c29-18-10-4-8-16-21(18)24(38)17-9-5-11-19(22(17)25(16)39)36-37-23-26(30)34-27(20-14-31-12-13-32-20)35-28(23)33-15-6-2-1-3-7-15/h1-14H,(H3,30,33,34,35)/b37-36+. The van der Waals surface area contributed by atoms with E-state index < -0.39 is 0 Å². The Morgan fingerprint density at radius 2 is 1.54 bits per heavy atom. The van der Waals surface area contributed by atoms with Gasteiger partial charge in [-0.2, -0.15) is 0 Å². The molecule has 2 heterocycles. The summed E-state index contributed by atoms with van der Waals surface area (Å²) in [4.78, 5) is 43.9. The molecule has 3 N–H and O–H groups in total. The molecule has 0 atom stereocenters. The average Bonchev–Trinajstić information content (AvgIpc) is 2.96. The minimum absolute atomic E-state index is 0.0252.